The van der Waals surface area contributed by atoms with Crippen LogP contribution in [0.3, 0.4) is 0 Å². The molecule has 0 radical (unpaired) electrons. The molecule has 0 aliphatic rings. The molecular weight excluding hydrogens is 222 g/mol. The molecule has 5 heteroatoms. The average Bonchev–Trinajstić information content (AvgIpc) is 2.14. The zero-order valence-corrected chi connectivity index (χ0v) is 8.55. The van der Waals surface area contributed by atoms with Crippen LogP contribution in [0.15, 0.2) is 24.3 Å². The van der Waals surface area contributed by atoms with E-state index >= 15 is 0 Å². The van der Waals surface area contributed by atoms with Crippen LogP contribution < -0.4 is 5.73 Å². The van der Waals surface area contributed by atoms with Crippen LogP contribution in [0.1, 0.15) is 18.1 Å². The van der Waals surface area contributed by atoms with E-state index in [0.717, 1.165) is 6.07 Å². The predicted octanol–water partition coefficient (Wildman–Crippen LogP) is 3.20. The summed E-state index contributed by atoms with van der Waals surface area (Å²) in [7, 11) is 0. The van der Waals surface area contributed by atoms with Crippen LogP contribution in [0, 0.1) is 5.82 Å². The Balaban J connectivity index is 3.14. The van der Waals surface area contributed by atoms with E-state index in [1.54, 1.807) is 6.92 Å². The lowest BCUT2D eigenvalue weighted by atomic mass is 10.1. The van der Waals surface area contributed by atoms with Crippen molar-refractivity contribution in [2.45, 2.75) is 19.1 Å². The van der Waals surface area contributed by atoms with Crippen molar-refractivity contribution in [2.24, 2.45) is 5.73 Å². The molecule has 0 heterocycles. The highest BCUT2D eigenvalue weighted by molar-refractivity contribution is 5.52. The van der Waals surface area contributed by atoms with Gasteiger partial charge < -0.3 is 5.73 Å². The Hall–Kier alpha value is -1.36. The van der Waals surface area contributed by atoms with Crippen LogP contribution >= 0.6 is 0 Å². The number of hydrogen-bond acceptors (Lipinski definition) is 1. The van der Waals surface area contributed by atoms with Crippen LogP contribution in [0.2, 0.25) is 0 Å². The van der Waals surface area contributed by atoms with Crippen molar-refractivity contribution in [3.8, 4) is 0 Å². The maximum atomic E-state index is 13.4. The maximum Gasteiger partial charge on any atom is 0.419 e. The first-order valence-corrected chi connectivity index (χ1v) is 4.62. The fourth-order valence-electron chi connectivity index (χ4n) is 1.15. The van der Waals surface area contributed by atoms with E-state index in [9.17, 15) is 17.6 Å². The lowest BCUT2D eigenvalue weighted by Crippen LogP contribution is -2.11. The Labute approximate surface area is 90.6 Å². The van der Waals surface area contributed by atoms with Crippen molar-refractivity contribution in [1.82, 2.24) is 0 Å². The van der Waals surface area contributed by atoms with Gasteiger partial charge in [0.25, 0.3) is 0 Å². The molecule has 1 unspecified atom stereocenters. The van der Waals surface area contributed by atoms with Gasteiger partial charge in [-0.1, -0.05) is 24.3 Å². The minimum atomic E-state index is -4.68. The van der Waals surface area contributed by atoms with E-state index in [1.165, 1.54) is 18.2 Å². The standard InChI is InChI=1S/C11H11F4N/c1-7(16)5-6-8-3-2-4-9(10(8)12)11(13,14)15/h2-7H,16H2,1H3/b6-5+. The second-order valence-corrected chi connectivity index (χ2v) is 3.42. The van der Waals surface area contributed by atoms with Gasteiger partial charge in [0.15, 0.2) is 0 Å². The SMILES string of the molecule is CC(N)/C=C/c1cccc(C(F)(F)F)c1F. The van der Waals surface area contributed by atoms with E-state index in [1.807, 2.05) is 0 Å². The molecule has 1 aromatic rings. The third-order valence-electron chi connectivity index (χ3n) is 1.91. The number of hydrogen-bond donors (Lipinski definition) is 1. The third kappa shape index (κ3) is 3.06. The van der Waals surface area contributed by atoms with Crippen molar-refractivity contribution >= 4 is 6.08 Å². The van der Waals surface area contributed by atoms with E-state index in [0.29, 0.717) is 6.07 Å². The molecule has 88 valence electrons. The van der Waals surface area contributed by atoms with Gasteiger partial charge in [-0.25, -0.2) is 4.39 Å². The molecule has 0 aromatic heterocycles. The van der Waals surface area contributed by atoms with E-state index in [2.05, 4.69) is 0 Å². The Kier molecular flexibility index (Phi) is 3.70. The molecule has 2 N–H and O–H groups in total. The summed E-state index contributed by atoms with van der Waals surface area (Å²) >= 11 is 0. The lowest BCUT2D eigenvalue weighted by molar-refractivity contribution is -0.140. The Morgan fingerprint density at radius 1 is 1.31 bits per heavy atom. The molecule has 0 fully saturated rings. The molecule has 0 aliphatic heterocycles. The molecule has 1 rings (SSSR count). The van der Waals surface area contributed by atoms with Gasteiger partial charge in [0.1, 0.15) is 5.82 Å². The molecule has 0 amide bonds. The zero-order valence-electron chi connectivity index (χ0n) is 8.55. The minimum Gasteiger partial charge on any atom is -0.325 e. The second-order valence-electron chi connectivity index (χ2n) is 3.42. The molecule has 1 atom stereocenters. The number of nitrogens with two attached hydrogens (primary N) is 1. The van der Waals surface area contributed by atoms with Gasteiger partial charge in [-0.05, 0) is 13.0 Å². The molecule has 16 heavy (non-hydrogen) atoms. The van der Waals surface area contributed by atoms with Crippen LogP contribution in [0.4, 0.5) is 17.6 Å². The van der Waals surface area contributed by atoms with Gasteiger partial charge in [0.05, 0.1) is 5.56 Å². The fourth-order valence-corrected chi connectivity index (χ4v) is 1.15. The summed E-state index contributed by atoms with van der Waals surface area (Å²) in [4.78, 5) is 0. The lowest BCUT2D eigenvalue weighted by Gasteiger charge is -2.09. The molecule has 1 aromatic carbocycles. The fraction of sp³-hybridized carbons (Fsp3) is 0.273. The quantitative estimate of drug-likeness (QED) is 0.780. The van der Waals surface area contributed by atoms with Crippen LogP contribution in [-0.2, 0) is 6.18 Å². The summed E-state index contributed by atoms with van der Waals surface area (Å²) in [6.45, 7) is 1.64. The smallest absolute Gasteiger partial charge is 0.325 e. The summed E-state index contributed by atoms with van der Waals surface area (Å²) in [5, 5.41) is 0. The van der Waals surface area contributed by atoms with Gasteiger partial charge in [-0.15, -0.1) is 0 Å². The van der Waals surface area contributed by atoms with E-state index in [4.69, 9.17) is 5.73 Å². The summed E-state index contributed by atoms with van der Waals surface area (Å²) in [6, 6.07) is 2.79. The normalized spacial score (nSPS) is 14.4. The number of alkyl halides is 3. The molecular formula is C11H11F4N. The number of halogens is 4. The Morgan fingerprint density at radius 3 is 2.44 bits per heavy atom. The zero-order chi connectivity index (χ0) is 12.3. The van der Waals surface area contributed by atoms with Crippen molar-refractivity contribution in [3.63, 3.8) is 0 Å². The topological polar surface area (TPSA) is 26.0 Å². The minimum absolute atomic E-state index is 0.118. The Bertz CT molecular complexity index is 393. The van der Waals surface area contributed by atoms with Crippen LogP contribution in [0.5, 0.6) is 0 Å². The maximum absolute atomic E-state index is 13.4. The highest BCUT2D eigenvalue weighted by Crippen LogP contribution is 2.32. The van der Waals surface area contributed by atoms with Crippen molar-refractivity contribution in [2.75, 3.05) is 0 Å². The number of rotatable bonds is 2. The summed E-state index contributed by atoms with van der Waals surface area (Å²) in [6.07, 6.45) is -2.00. The summed E-state index contributed by atoms with van der Waals surface area (Å²) < 4.78 is 50.4. The highest BCUT2D eigenvalue weighted by atomic mass is 19.4. The van der Waals surface area contributed by atoms with E-state index in [-0.39, 0.29) is 11.6 Å². The van der Waals surface area contributed by atoms with Gasteiger partial charge >= 0.3 is 6.18 Å². The molecule has 0 saturated carbocycles. The molecule has 0 spiro atoms. The molecule has 1 nitrogen and oxygen atoms in total. The highest BCUT2D eigenvalue weighted by Gasteiger charge is 2.34. The largest absolute Gasteiger partial charge is 0.419 e. The first-order chi connectivity index (χ1) is 7.32. The van der Waals surface area contributed by atoms with Crippen LogP contribution in [-0.4, -0.2) is 6.04 Å². The third-order valence-corrected chi connectivity index (χ3v) is 1.91. The van der Waals surface area contributed by atoms with Gasteiger partial charge in [-0.2, -0.15) is 13.2 Å². The van der Waals surface area contributed by atoms with Crippen molar-refractivity contribution in [3.05, 3.63) is 41.2 Å². The van der Waals surface area contributed by atoms with Gasteiger partial charge in [-0.3, -0.25) is 0 Å². The van der Waals surface area contributed by atoms with Crippen molar-refractivity contribution in [1.29, 1.82) is 0 Å². The molecule has 0 aliphatic carbocycles. The first-order valence-electron chi connectivity index (χ1n) is 4.62. The molecule has 0 bridgehead atoms. The Morgan fingerprint density at radius 2 is 1.94 bits per heavy atom. The first kappa shape index (κ1) is 12.7. The van der Waals surface area contributed by atoms with E-state index < -0.39 is 17.6 Å². The molecule has 0 saturated heterocycles. The summed E-state index contributed by atoms with van der Waals surface area (Å²) in [5.41, 5.74) is 4.00. The monoisotopic (exact) mass is 233 g/mol. The van der Waals surface area contributed by atoms with Gasteiger partial charge in [0.2, 0.25) is 0 Å². The number of benzene rings is 1. The van der Waals surface area contributed by atoms with Gasteiger partial charge in [0, 0.05) is 11.6 Å². The van der Waals surface area contributed by atoms with Crippen molar-refractivity contribution < 1.29 is 17.6 Å². The van der Waals surface area contributed by atoms with Crippen LogP contribution in [0.25, 0.3) is 6.08 Å². The second kappa shape index (κ2) is 4.65. The average molecular weight is 233 g/mol. The summed E-state index contributed by atoms with van der Waals surface area (Å²) in [5.74, 6) is -1.27. The predicted molar refractivity (Wildman–Crippen MR) is 54.1 cm³/mol.